The third-order valence-corrected chi connectivity index (χ3v) is 8.39. The molecule has 1 aliphatic carbocycles. The number of nitrogen functional groups attached to an aromatic ring is 1. The molecule has 2 saturated heterocycles. The maximum absolute atomic E-state index is 11.1. The van der Waals surface area contributed by atoms with Crippen LogP contribution in [0.2, 0.25) is 0 Å². The van der Waals surface area contributed by atoms with E-state index in [0.29, 0.717) is 44.8 Å². The topological polar surface area (TPSA) is 132 Å². The summed E-state index contributed by atoms with van der Waals surface area (Å²) in [6, 6.07) is 13.8. The summed E-state index contributed by atoms with van der Waals surface area (Å²) in [7, 11) is 1.66. The van der Waals surface area contributed by atoms with Gasteiger partial charge in [0, 0.05) is 62.9 Å². The van der Waals surface area contributed by atoms with Crippen LogP contribution < -0.4 is 25.8 Å². The molecular formula is C31H39N7O4. The number of benzene rings is 2. The van der Waals surface area contributed by atoms with Crippen LogP contribution in [0.15, 0.2) is 42.5 Å². The third kappa shape index (κ3) is 6.22. The Morgan fingerprint density at radius 2 is 1.76 bits per heavy atom. The molecule has 6 rings (SSSR count). The van der Waals surface area contributed by atoms with Crippen molar-refractivity contribution in [1.82, 2.24) is 19.8 Å². The van der Waals surface area contributed by atoms with E-state index in [1.165, 1.54) is 11.1 Å². The van der Waals surface area contributed by atoms with Gasteiger partial charge in [0.25, 0.3) is 0 Å². The second kappa shape index (κ2) is 12.4. The van der Waals surface area contributed by atoms with Gasteiger partial charge in [0.15, 0.2) is 0 Å². The Morgan fingerprint density at radius 3 is 2.50 bits per heavy atom. The van der Waals surface area contributed by atoms with Crippen molar-refractivity contribution in [2.45, 2.75) is 19.4 Å². The van der Waals surface area contributed by atoms with E-state index >= 15 is 0 Å². The molecule has 1 aromatic heterocycles. The summed E-state index contributed by atoms with van der Waals surface area (Å²) in [6.45, 7) is 7.77. The smallest absolute Gasteiger partial charge is 0.314 e. The number of likely N-dealkylation sites (tertiary alicyclic amines) is 1. The van der Waals surface area contributed by atoms with Crippen molar-refractivity contribution in [3.05, 3.63) is 59.2 Å². The van der Waals surface area contributed by atoms with Gasteiger partial charge < -0.3 is 35.5 Å². The molecule has 3 aliphatic rings. The number of hydrogen-bond acceptors (Lipinski definition) is 9. The number of nitrogens with zero attached hydrogens (tertiary/aromatic N) is 5. The van der Waals surface area contributed by atoms with Crippen LogP contribution in [0.4, 0.5) is 16.6 Å². The number of ether oxygens (including phenoxy) is 3. The number of hydrogen-bond donors (Lipinski definition) is 2. The number of amides is 2. The first-order valence-electron chi connectivity index (χ1n) is 14.6. The van der Waals surface area contributed by atoms with E-state index in [2.05, 4.69) is 26.9 Å². The van der Waals surface area contributed by atoms with E-state index in [0.717, 1.165) is 79.7 Å². The zero-order valence-corrected chi connectivity index (χ0v) is 24.1. The van der Waals surface area contributed by atoms with E-state index in [4.69, 9.17) is 30.7 Å². The van der Waals surface area contributed by atoms with E-state index in [9.17, 15) is 4.79 Å². The lowest BCUT2D eigenvalue weighted by molar-refractivity contribution is 0.0255. The second-order valence-corrected chi connectivity index (χ2v) is 11.2. The third-order valence-electron chi connectivity index (χ3n) is 8.39. The minimum atomic E-state index is -0.347. The van der Waals surface area contributed by atoms with Gasteiger partial charge in [-0.1, -0.05) is 12.1 Å². The number of urea groups is 1. The van der Waals surface area contributed by atoms with Crippen molar-refractivity contribution in [2.24, 2.45) is 11.7 Å². The average Bonchev–Trinajstić information content (AvgIpc) is 2.98. The number of primary amides is 1. The molecule has 2 fully saturated rings. The molecule has 0 bridgehead atoms. The lowest BCUT2D eigenvalue weighted by atomic mass is 9.88. The number of nitrogens with two attached hydrogens (primary N) is 2. The Labute approximate surface area is 246 Å². The Hall–Kier alpha value is -4.09. The molecule has 4 N–H and O–H groups in total. The summed E-state index contributed by atoms with van der Waals surface area (Å²) >= 11 is 0. The zero-order valence-electron chi connectivity index (χ0n) is 24.1. The molecule has 2 amide bonds. The molecule has 3 aromatic rings. The predicted octanol–water partition coefficient (Wildman–Crippen LogP) is 2.56. The van der Waals surface area contributed by atoms with E-state index in [1.54, 1.807) is 12.0 Å². The van der Waals surface area contributed by atoms with Crippen molar-refractivity contribution in [3.8, 4) is 22.8 Å². The van der Waals surface area contributed by atoms with Crippen molar-refractivity contribution in [1.29, 1.82) is 0 Å². The quantitative estimate of drug-likeness (QED) is 0.351. The molecule has 222 valence electrons. The lowest BCUT2D eigenvalue weighted by Gasteiger charge is -2.38. The van der Waals surface area contributed by atoms with Crippen LogP contribution in [0.25, 0.3) is 11.3 Å². The molecule has 2 aromatic carbocycles. The number of methoxy groups -OCH3 is 1. The minimum absolute atomic E-state index is 0.304. The second-order valence-electron chi connectivity index (χ2n) is 11.2. The summed E-state index contributed by atoms with van der Waals surface area (Å²) in [4.78, 5) is 26.9. The fraction of sp³-hybridized carbons (Fsp3) is 0.452. The summed E-state index contributed by atoms with van der Waals surface area (Å²) in [5, 5.41) is 0. The summed E-state index contributed by atoms with van der Waals surface area (Å²) < 4.78 is 17.2. The molecule has 0 saturated carbocycles. The standard InChI is InChI=1S/C31H39N7O4/c1-40-24-5-2-21(3-6-24)20-42-25-7-9-26-23(16-25)4-8-27-28(26)34-30(32)35-29(27)37-12-10-36(11-13-37)14-15-41-19-22-17-38(18-22)31(33)39/h2-3,5-7,9,16,22H,4,8,10-15,17-20H2,1H3,(H2,33,39)(H2,32,34,35). The van der Waals surface area contributed by atoms with Gasteiger partial charge in [0.05, 0.1) is 26.0 Å². The maximum Gasteiger partial charge on any atom is 0.314 e. The first-order chi connectivity index (χ1) is 20.5. The first-order valence-corrected chi connectivity index (χ1v) is 14.6. The highest BCUT2D eigenvalue weighted by molar-refractivity contribution is 5.76. The van der Waals surface area contributed by atoms with E-state index in [-0.39, 0.29) is 6.03 Å². The van der Waals surface area contributed by atoms with Gasteiger partial charge in [-0.05, 0) is 54.3 Å². The molecule has 0 spiro atoms. The summed E-state index contributed by atoms with van der Waals surface area (Å²) in [5.41, 5.74) is 17.0. The van der Waals surface area contributed by atoms with Gasteiger partial charge in [-0.3, -0.25) is 4.90 Å². The van der Waals surface area contributed by atoms with Crippen molar-refractivity contribution < 1.29 is 19.0 Å². The van der Waals surface area contributed by atoms with Gasteiger partial charge in [0.1, 0.15) is 23.9 Å². The summed E-state index contributed by atoms with van der Waals surface area (Å²) in [5.74, 6) is 3.34. The molecule has 3 heterocycles. The average molecular weight is 574 g/mol. The fourth-order valence-electron chi connectivity index (χ4n) is 5.93. The molecule has 42 heavy (non-hydrogen) atoms. The number of anilines is 2. The highest BCUT2D eigenvalue weighted by Gasteiger charge is 2.30. The van der Waals surface area contributed by atoms with Crippen LogP contribution in [0.3, 0.4) is 0 Å². The lowest BCUT2D eigenvalue weighted by Crippen LogP contribution is -2.53. The molecule has 2 aliphatic heterocycles. The van der Waals surface area contributed by atoms with Crippen LogP contribution in [-0.2, 0) is 24.2 Å². The maximum atomic E-state index is 11.1. The van der Waals surface area contributed by atoms with E-state index < -0.39 is 0 Å². The number of carbonyl (C=O) groups excluding carboxylic acids is 1. The minimum Gasteiger partial charge on any atom is -0.497 e. The Bertz CT molecular complexity index is 1400. The van der Waals surface area contributed by atoms with Crippen molar-refractivity contribution >= 4 is 17.8 Å². The Morgan fingerprint density at radius 1 is 1.00 bits per heavy atom. The van der Waals surface area contributed by atoms with Crippen LogP contribution in [0.1, 0.15) is 16.7 Å². The molecule has 0 atom stereocenters. The molecule has 0 radical (unpaired) electrons. The van der Waals surface area contributed by atoms with Gasteiger partial charge in [-0.25, -0.2) is 9.78 Å². The molecule has 11 heteroatoms. The van der Waals surface area contributed by atoms with Crippen molar-refractivity contribution in [2.75, 3.05) is 76.8 Å². The molecule has 11 nitrogen and oxygen atoms in total. The van der Waals surface area contributed by atoms with Crippen LogP contribution in [0.5, 0.6) is 11.5 Å². The molecule has 0 unspecified atom stereocenters. The monoisotopic (exact) mass is 573 g/mol. The number of aromatic nitrogens is 2. The number of rotatable bonds is 10. The summed E-state index contributed by atoms with van der Waals surface area (Å²) in [6.07, 6.45) is 1.76. The normalized spacial score (nSPS) is 16.9. The van der Waals surface area contributed by atoms with Gasteiger partial charge in [-0.2, -0.15) is 4.98 Å². The van der Waals surface area contributed by atoms with Crippen LogP contribution >= 0.6 is 0 Å². The van der Waals surface area contributed by atoms with Crippen LogP contribution in [-0.4, -0.2) is 91.9 Å². The van der Waals surface area contributed by atoms with E-state index in [1.807, 2.05) is 30.3 Å². The fourth-order valence-corrected chi connectivity index (χ4v) is 5.93. The number of aryl methyl sites for hydroxylation is 1. The van der Waals surface area contributed by atoms with Crippen molar-refractivity contribution in [3.63, 3.8) is 0 Å². The highest BCUT2D eigenvalue weighted by atomic mass is 16.5. The van der Waals surface area contributed by atoms with Gasteiger partial charge in [0.2, 0.25) is 5.95 Å². The zero-order chi connectivity index (χ0) is 29.1. The first kappa shape index (κ1) is 28.0. The number of carbonyl (C=O) groups is 1. The highest BCUT2D eigenvalue weighted by Crippen LogP contribution is 2.38. The van der Waals surface area contributed by atoms with Gasteiger partial charge in [-0.15, -0.1) is 0 Å². The molecular weight excluding hydrogens is 534 g/mol. The largest absolute Gasteiger partial charge is 0.497 e. The number of fused-ring (bicyclic) bond motifs is 3. The van der Waals surface area contributed by atoms with Crippen LogP contribution in [0, 0.1) is 5.92 Å². The Balaban J connectivity index is 1.04. The Kier molecular flexibility index (Phi) is 8.29. The number of piperazine rings is 1. The SMILES string of the molecule is COc1ccc(COc2ccc3c(c2)CCc2c-3nc(N)nc2N2CCN(CCOCC3CN(C(N)=O)C3)CC2)cc1. The van der Waals surface area contributed by atoms with Gasteiger partial charge >= 0.3 is 6.03 Å². The predicted molar refractivity (Wildman–Crippen MR) is 161 cm³/mol.